The smallest absolute Gasteiger partial charge is 0.286 e. The van der Waals surface area contributed by atoms with Crippen molar-refractivity contribution in [3.8, 4) is 0 Å². The normalized spacial score (nSPS) is 18.9. The van der Waals surface area contributed by atoms with Gasteiger partial charge in [0.15, 0.2) is 0 Å². The van der Waals surface area contributed by atoms with Crippen molar-refractivity contribution in [2.75, 3.05) is 6.54 Å². The maximum absolute atomic E-state index is 12.4. The number of nitrogens with zero attached hydrogens (tertiary/aromatic N) is 3. The van der Waals surface area contributed by atoms with E-state index in [0.717, 1.165) is 31.2 Å². The number of hydrogen-bond acceptors (Lipinski definition) is 4. The lowest BCUT2D eigenvalue weighted by Gasteiger charge is -2.29. The number of primary amides is 1. The number of fused-ring (bicyclic) bond motifs is 1. The molecule has 105 valence electrons. The molecule has 1 fully saturated rings. The highest BCUT2D eigenvalue weighted by Gasteiger charge is 2.30. The van der Waals surface area contributed by atoms with E-state index < -0.39 is 5.91 Å². The molecule has 1 aliphatic heterocycles. The van der Waals surface area contributed by atoms with Crippen LogP contribution >= 0.6 is 0 Å². The monoisotopic (exact) mass is 273 g/mol. The van der Waals surface area contributed by atoms with E-state index in [1.165, 1.54) is 0 Å². The lowest BCUT2D eigenvalue weighted by atomic mass is 10.0. The fraction of sp³-hybridized carbons (Fsp3) is 0.571. The van der Waals surface area contributed by atoms with Crippen LogP contribution in [0.4, 0.5) is 0 Å². The van der Waals surface area contributed by atoms with Crippen LogP contribution in [0.2, 0.25) is 0 Å². The van der Waals surface area contributed by atoms with Gasteiger partial charge in [0, 0.05) is 18.0 Å². The van der Waals surface area contributed by atoms with Crippen molar-refractivity contribution in [1.82, 2.24) is 14.9 Å². The second kappa shape index (κ2) is 5.19. The molecule has 1 radical (unpaired) electrons. The number of carbonyl (C=O) groups is 2. The Morgan fingerprint density at radius 1 is 1.30 bits per heavy atom. The van der Waals surface area contributed by atoms with E-state index in [4.69, 9.17) is 5.73 Å². The van der Waals surface area contributed by atoms with E-state index in [2.05, 4.69) is 16.2 Å². The summed E-state index contributed by atoms with van der Waals surface area (Å²) in [7, 11) is 0. The summed E-state index contributed by atoms with van der Waals surface area (Å²) in [5.74, 6) is -0.312. The molecular formula is C14H17N4O2. The van der Waals surface area contributed by atoms with E-state index in [1.807, 2.05) is 4.90 Å². The van der Waals surface area contributed by atoms with E-state index in [-0.39, 0.29) is 17.6 Å². The first-order valence-corrected chi connectivity index (χ1v) is 7.01. The molecule has 3 rings (SSSR count). The van der Waals surface area contributed by atoms with Crippen LogP contribution in [0.25, 0.3) is 0 Å². The van der Waals surface area contributed by atoms with Gasteiger partial charge in [-0.2, -0.15) is 0 Å². The van der Waals surface area contributed by atoms with Crippen LogP contribution in [0.3, 0.4) is 0 Å². The maximum Gasteiger partial charge on any atom is 0.286 e. The average Bonchev–Trinajstić information content (AvgIpc) is 2.99. The Labute approximate surface area is 117 Å². The first-order chi connectivity index (χ1) is 9.65. The Morgan fingerprint density at radius 3 is 2.75 bits per heavy atom. The standard InChI is InChI=1S/C14H17N4O2/c15-12(19)13-16-7-10-5-6-18(8-11(10)17-13)14(20)9-3-1-2-4-9/h9H,1-6,8H2,(H2,15,19). The molecule has 6 nitrogen and oxygen atoms in total. The van der Waals surface area contributed by atoms with Gasteiger partial charge in [-0.1, -0.05) is 12.8 Å². The number of rotatable bonds is 2. The summed E-state index contributed by atoms with van der Waals surface area (Å²) in [6.45, 7) is 1.11. The zero-order valence-electron chi connectivity index (χ0n) is 11.3. The third-order valence-electron chi connectivity index (χ3n) is 4.09. The quantitative estimate of drug-likeness (QED) is 0.847. The Balaban J connectivity index is 1.78. The Morgan fingerprint density at radius 2 is 2.05 bits per heavy atom. The minimum Gasteiger partial charge on any atom is -0.363 e. The van der Waals surface area contributed by atoms with Gasteiger partial charge >= 0.3 is 0 Å². The second-order valence-corrected chi connectivity index (χ2v) is 5.44. The first kappa shape index (κ1) is 13.0. The molecule has 0 aromatic carbocycles. The molecule has 0 unspecified atom stereocenters. The van der Waals surface area contributed by atoms with E-state index >= 15 is 0 Å². The van der Waals surface area contributed by atoms with Gasteiger partial charge in [0.2, 0.25) is 11.7 Å². The summed E-state index contributed by atoms with van der Waals surface area (Å²) in [6.07, 6.45) is 7.77. The predicted octanol–water partition coefficient (Wildman–Crippen LogP) is 0.451. The van der Waals surface area contributed by atoms with Gasteiger partial charge in [-0.05, 0) is 19.3 Å². The second-order valence-electron chi connectivity index (χ2n) is 5.44. The number of aromatic nitrogens is 2. The third-order valence-corrected chi connectivity index (χ3v) is 4.09. The van der Waals surface area contributed by atoms with Crippen LogP contribution in [0.5, 0.6) is 0 Å². The highest BCUT2D eigenvalue weighted by atomic mass is 16.2. The first-order valence-electron chi connectivity index (χ1n) is 7.01. The summed E-state index contributed by atoms with van der Waals surface area (Å²) < 4.78 is 0. The van der Waals surface area contributed by atoms with Crippen molar-refractivity contribution in [3.63, 3.8) is 0 Å². The summed E-state index contributed by atoms with van der Waals surface area (Å²) in [5.41, 5.74) is 6.76. The molecule has 1 saturated carbocycles. The van der Waals surface area contributed by atoms with E-state index in [1.54, 1.807) is 0 Å². The predicted molar refractivity (Wildman–Crippen MR) is 70.5 cm³/mol. The van der Waals surface area contributed by atoms with Gasteiger partial charge < -0.3 is 10.6 Å². The van der Waals surface area contributed by atoms with Crippen LogP contribution in [-0.4, -0.2) is 33.2 Å². The highest BCUT2D eigenvalue weighted by Crippen LogP contribution is 2.28. The van der Waals surface area contributed by atoms with Crippen LogP contribution in [0.15, 0.2) is 0 Å². The molecule has 2 N–H and O–H groups in total. The Bertz CT molecular complexity index is 552. The summed E-state index contributed by atoms with van der Waals surface area (Å²) in [5, 5.41) is 0. The lowest BCUT2D eigenvalue weighted by Crippen LogP contribution is -2.40. The molecule has 0 atom stereocenters. The molecule has 1 aromatic heterocycles. The van der Waals surface area contributed by atoms with Gasteiger partial charge in [-0.3, -0.25) is 9.59 Å². The van der Waals surface area contributed by atoms with Crippen molar-refractivity contribution >= 4 is 11.8 Å². The molecule has 1 aromatic rings. The van der Waals surface area contributed by atoms with Crippen molar-refractivity contribution in [1.29, 1.82) is 0 Å². The van der Waals surface area contributed by atoms with Gasteiger partial charge in [0.1, 0.15) is 0 Å². The van der Waals surface area contributed by atoms with Gasteiger partial charge in [0.25, 0.3) is 5.91 Å². The van der Waals surface area contributed by atoms with Crippen LogP contribution in [-0.2, 0) is 17.8 Å². The van der Waals surface area contributed by atoms with Crippen LogP contribution < -0.4 is 5.73 Å². The van der Waals surface area contributed by atoms with Crippen molar-refractivity contribution in [2.45, 2.75) is 38.6 Å². The largest absolute Gasteiger partial charge is 0.363 e. The van der Waals surface area contributed by atoms with Gasteiger partial charge in [-0.15, -0.1) is 0 Å². The van der Waals surface area contributed by atoms with E-state index in [9.17, 15) is 9.59 Å². The highest BCUT2D eigenvalue weighted by molar-refractivity contribution is 5.88. The molecule has 0 saturated heterocycles. The number of amides is 2. The van der Waals surface area contributed by atoms with Crippen LogP contribution in [0.1, 0.15) is 47.6 Å². The molecule has 6 heteroatoms. The fourth-order valence-corrected chi connectivity index (χ4v) is 2.97. The SMILES string of the molecule is NC(=O)c1n[c]c2c(n1)CN(C(=O)C1CCCC1)CC2. The maximum atomic E-state index is 12.4. The average molecular weight is 273 g/mol. The van der Waals surface area contributed by atoms with Crippen molar-refractivity contribution in [2.24, 2.45) is 11.7 Å². The number of carbonyl (C=O) groups excluding carboxylic acids is 2. The minimum atomic E-state index is -0.664. The molecule has 0 bridgehead atoms. The van der Waals surface area contributed by atoms with E-state index in [0.29, 0.717) is 25.2 Å². The zero-order chi connectivity index (χ0) is 14.1. The van der Waals surface area contributed by atoms with Gasteiger partial charge in [0.05, 0.1) is 18.4 Å². The molecule has 1 aliphatic carbocycles. The lowest BCUT2D eigenvalue weighted by molar-refractivity contribution is -0.136. The fourth-order valence-electron chi connectivity index (χ4n) is 2.97. The van der Waals surface area contributed by atoms with Crippen molar-refractivity contribution < 1.29 is 9.59 Å². The summed E-state index contributed by atoms with van der Waals surface area (Å²) >= 11 is 0. The number of hydrogen-bond donors (Lipinski definition) is 1. The molecule has 2 amide bonds. The third kappa shape index (κ3) is 2.37. The summed E-state index contributed by atoms with van der Waals surface area (Å²) in [6, 6.07) is 0. The van der Waals surface area contributed by atoms with Crippen LogP contribution in [0, 0.1) is 12.1 Å². The Hall–Kier alpha value is -1.98. The molecular weight excluding hydrogens is 256 g/mol. The molecule has 20 heavy (non-hydrogen) atoms. The molecule has 2 heterocycles. The number of nitrogens with two attached hydrogens (primary N) is 1. The van der Waals surface area contributed by atoms with Crippen molar-refractivity contribution in [3.05, 3.63) is 23.3 Å². The molecule has 0 spiro atoms. The van der Waals surface area contributed by atoms with Gasteiger partial charge in [-0.25, -0.2) is 9.97 Å². The summed E-state index contributed by atoms with van der Waals surface area (Å²) in [4.78, 5) is 33.3. The zero-order valence-corrected chi connectivity index (χ0v) is 11.3. The topological polar surface area (TPSA) is 89.2 Å². The molecule has 2 aliphatic rings. The minimum absolute atomic E-state index is 0.0288. The Kier molecular flexibility index (Phi) is 3.38.